The molecule has 0 aliphatic carbocycles. The molecule has 26 heavy (non-hydrogen) atoms. The molecule has 1 heterocycles. The molecule has 0 spiro atoms. The van der Waals surface area contributed by atoms with E-state index in [0.717, 1.165) is 0 Å². The van der Waals surface area contributed by atoms with Gasteiger partial charge in [0.05, 0.1) is 4.92 Å². The Kier molecular flexibility index (Phi) is 5.29. The first-order chi connectivity index (χ1) is 12.5. The van der Waals surface area contributed by atoms with Gasteiger partial charge in [-0.3, -0.25) is 25.8 Å². The number of nitrogens with zero attached hydrogens (tertiary/aromatic N) is 1. The van der Waals surface area contributed by atoms with E-state index in [1.54, 1.807) is 36.4 Å². The second-order valence-corrected chi connectivity index (χ2v) is 6.59. The van der Waals surface area contributed by atoms with E-state index in [2.05, 4.69) is 30.0 Å². The molecule has 0 saturated carbocycles. The van der Waals surface area contributed by atoms with Crippen LogP contribution in [0.15, 0.2) is 48.5 Å². The van der Waals surface area contributed by atoms with Crippen molar-refractivity contribution in [2.24, 2.45) is 5.92 Å². The molecule has 2 atom stereocenters. The Morgan fingerprint density at radius 3 is 2.35 bits per heavy atom. The van der Waals surface area contributed by atoms with Crippen molar-refractivity contribution in [3.05, 3.63) is 69.8 Å². The fraction of sp³-hybridized carbons (Fsp3) is 0.316. The Bertz CT molecular complexity index is 800. The van der Waals surface area contributed by atoms with Crippen LogP contribution in [0.1, 0.15) is 29.8 Å². The molecule has 3 rings (SSSR count). The quantitative estimate of drug-likeness (QED) is 0.419. The molecule has 1 aliphatic heterocycles. The summed E-state index contributed by atoms with van der Waals surface area (Å²) in [5.41, 5.74) is 7.48. The number of carbonyl (C=O) groups is 1. The number of rotatable bonds is 6. The molecule has 0 aromatic heterocycles. The minimum Gasteiger partial charge on any atom is -0.379 e. The van der Waals surface area contributed by atoms with Crippen molar-refractivity contribution in [2.45, 2.75) is 25.9 Å². The van der Waals surface area contributed by atoms with E-state index in [4.69, 9.17) is 0 Å². The van der Waals surface area contributed by atoms with Crippen LogP contribution in [0.25, 0.3) is 0 Å². The smallest absolute Gasteiger partial charge is 0.293 e. The topological polar surface area (TPSA) is 96.3 Å². The lowest BCUT2D eigenvalue weighted by atomic mass is 9.96. The third-order valence-corrected chi connectivity index (χ3v) is 4.84. The van der Waals surface area contributed by atoms with Gasteiger partial charge >= 0.3 is 0 Å². The van der Waals surface area contributed by atoms with E-state index in [9.17, 15) is 14.9 Å². The van der Waals surface area contributed by atoms with Crippen molar-refractivity contribution >= 4 is 17.2 Å². The second kappa shape index (κ2) is 7.63. The highest BCUT2D eigenvalue weighted by Crippen LogP contribution is 2.28. The van der Waals surface area contributed by atoms with E-state index in [1.807, 2.05) is 6.07 Å². The molecule has 2 unspecified atom stereocenters. The van der Waals surface area contributed by atoms with Gasteiger partial charge in [-0.1, -0.05) is 30.3 Å². The highest BCUT2D eigenvalue weighted by atomic mass is 16.6. The van der Waals surface area contributed by atoms with Crippen LogP contribution < -0.4 is 16.2 Å². The summed E-state index contributed by atoms with van der Waals surface area (Å²) >= 11 is 0. The van der Waals surface area contributed by atoms with Crippen LogP contribution in [0.3, 0.4) is 0 Å². The number of hydrazine groups is 1. The number of nitrogens with one attached hydrogen (secondary N) is 3. The van der Waals surface area contributed by atoms with Crippen molar-refractivity contribution in [2.75, 3.05) is 11.9 Å². The van der Waals surface area contributed by atoms with Gasteiger partial charge in [0, 0.05) is 41.7 Å². The number of hydrogen-bond donors (Lipinski definition) is 3. The summed E-state index contributed by atoms with van der Waals surface area (Å²) < 4.78 is 0. The molecular weight excluding hydrogens is 332 g/mol. The molecule has 0 amide bonds. The van der Waals surface area contributed by atoms with Crippen molar-refractivity contribution in [3.8, 4) is 0 Å². The molecule has 136 valence electrons. The van der Waals surface area contributed by atoms with Crippen molar-refractivity contribution in [1.82, 2.24) is 10.9 Å². The van der Waals surface area contributed by atoms with Gasteiger partial charge < -0.3 is 5.32 Å². The number of hydrogen-bond acceptors (Lipinski definition) is 6. The molecule has 1 aliphatic rings. The maximum Gasteiger partial charge on any atom is 0.293 e. The summed E-state index contributed by atoms with van der Waals surface area (Å²) in [5.74, 6) is 0.0620. The highest BCUT2D eigenvalue weighted by Gasteiger charge is 2.30. The van der Waals surface area contributed by atoms with Gasteiger partial charge in [0.25, 0.3) is 5.69 Å². The lowest BCUT2D eigenvalue weighted by Gasteiger charge is -2.19. The van der Waals surface area contributed by atoms with Gasteiger partial charge in [0.15, 0.2) is 5.78 Å². The first kappa shape index (κ1) is 18.0. The van der Waals surface area contributed by atoms with Crippen LogP contribution in [0.2, 0.25) is 0 Å². The molecule has 2 aromatic rings. The summed E-state index contributed by atoms with van der Waals surface area (Å²) in [6.07, 6.45) is 0. The SMILES string of the molecule is CC1NNC(C)C1CNc1ccc(C(=O)c2ccccc2)cc1[N+](=O)[O-]. The zero-order chi connectivity index (χ0) is 18.7. The largest absolute Gasteiger partial charge is 0.379 e. The summed E-state index contributed by atoms with van der Waals surface area (Å²) in [7, 11) is 0. The Labute approximate surface area is 151 Å². The molecule has 7 heteroatoms. The number of ketones is 1. The Balaban J connectivity index is 1.81. The normalized spacial score (nSPS) is 22.2. The van der Waals surface area contributed by atoms with Crippen LogP contribution in [-0.4, -0.2) is 29.3 Å². The van der Waals surface area contributed by atoms with Crippen LogP contribution in [0, 0.1) is 16.0 Å². The average molecular weight is 354 g/mol. The van der Waals surface area contributed by atoms with Crippen LogP contribution in [0.4, 0.5) is 11.4 Å². The molecular formula is C19H22N4O3. The van der Waals surface area contributed by atoms with Crippen LogP contribution in [-0.2, 0) is 0 Å². The zero-order valence-corrected chi connectivity index (χ0v) is 14.7. The third-order valence-electron chi connectivity index (χ3n) is 4.84. The van der Waals surface area contributed by atoms with Gasteiger partial charge in [-0.15, -0.1) is 0 Å². The first-order valence-electron chi connectivity index (χ1n) is 8.60. The number of nitro benzene ring substituents is 1. The number of benzene rings is 2. The van der Waals surface area contributed by atoms with E-state index < -0.39 is 4.92 Å². The monoisotopic (exact) mass is 354 g/mol. The Hall–Kier alpha value is -2.77. The molecule has 1 saturated heterocycles. The molecule has 2 aromatic carbocycles. The van der Waals surface area contributed by atoms with Crippen molar-refractivity contribution in [3.63, 3.8) is 0 Å². The fourth-order valence-electron chi connectivity index (χ4n) is 3.22. The highest BCUT2D eigenvalue weighted by molar-refractivity contribution is 6.09. The maximum absolute atomic E-state index is 12.5. The maximum atomic E-state index is 12.5. The molecule has 7 nitrogen and oxygen atoms in total. The summed E-state index contributed by atoms with van der Waals surface area (Å²) in [6.45, 7) is 4.73. The van der Waals surface area contributed by atoms with E-state index in [0.29, 0.717) is 29.3 Å². The lowest BCUT2D eigenvalue weighted by molar-refractivity contribution is -0.384. The Morgan fingerprint density at radius 1 is 1.08 bits per heavy atom. The molecule has 3 N–H and O–H groups in total. The summed E-state index contributed by atoms with van der Waals surface area (Å²) in [4.78, 5) is 23.6. The minimum atomic E-state index is -0.456. The number of carbonyl (C=O) groups excluding carboxylic acids is 1. The van der Waals surface area contributed by atoms with Gasteiger partial charge in [-0.25, -0.2) is 0 Å². The number of nitro groups is 1. The molecule has 0 radical (unpaired) electrons. The lowest BCUT2D eigenvalue weighted by Crippen LogP contribution is -2.30. The fourth-order valence-corrected chi connectivity index (χ4v) is 3.22. The number of anilines is 1. The standard InChI is InChI=1S/C19H22N4O3/c1-12-16(13(2)22-21-12)11-20-17-9-8-15(10-18(17)23(25)26)19(24)14-6-4-3-5-7-14/h3-10,12-13,16,20-22H,11H2,1-2H3. The van der Waals surface area contributed by atoms with Gasteiger partial charge in [0.1, 0.15) is 5.69 Å². The predicted octanol–water partition coefficient (Wildman–Crippen LogP) is 2.74. The summed E-state index contributed by atoms with van der Waals surface area (Å²) in [5, 5.41) is 14.7. The van der Waals surface area contributed by atoms with Crippen molar-refractivity contribution < 1.29 is 9.72 Å². The van der Waals surface area contributed by atoms with E-state index >= 15 is 0 Å². The minimum absolute atomic E-state index is 0.0917. The van der Waals surface area contributed by atoms with Crippen molar-refractivity contribution in [1.29, 1.82) is 0 Å². The van der Waals surface area contributed by atoms with Crippen LogP contribution in [0.5, 0.6) is 0 Å². The van der Waals surface area contributed by atoms with E-state index in [1.165, 1.54) is 6.07 Å². The zero-order valence-electron chi connectivity index (χ0n) is 14.7. The first-order valence-corrected chi connectivity index (χ1v) is 8.60. The molecule has 0 bridgehead atoms. The van der Waals surface area contributed by atoms with E-state index in [-0.39, 0.29) is 23.6 Å². The second-order valence-electron chi connectivity index (χ2n) is 6.59. The predicted molar refractivity (Wildman–Crippen MR) is 100 cm³/mol. The molecule has 1 fully saturated rings. The third kappa shape index (κ3) is 3.74. The van der Waals surface area contributed by atoms with Gasteiger partial charge in [-0.2, -0.15) is 0 Å². The Morgan fingerprint density at radius 2 is 1.73 bits per heavy atom. The summed E-state index contributed by atoms with van der Waals surface area (Å²) in [6, 6.07) is 13.9. The van der Waals surface area contributed by atoms with Gasteiger partial charge in [0.2, 0.25) is 0 Å². The van der Waals surface area contributed by atoms with Gasteiger partial charge in [-0.05, 0) is 26.0 Å². The van der Waals surface area contributed by atoms with Crippen LogP contribution >= 0.6 is 0 Å². The average Bonchev–Trinajstić information content (AvgIpc) is 2.97.